The Bertz CT molecular complexity index is 1450. The molecule has 0 aliphatic heterocycles. The first-order chi connectivity index (χ1) is 29.7. The van der Waals surface area contributed by atoms with Crippen molar-refractivity contribution < 1.29 is 19.1 Å². The summed E-state index contributed by atoms with van der Waals surface area (Å²) in [6.45, 7) is 5.91. The highest BCUT2D eigenvalue weighted by molar-refractivity contribution is 5.81. The van der Waals surface area contributed by atoms with Gasteiger partial charge in [-0.2, -0.15) is 0 Å². The Balaban J connectivity index is 1.58. The van der Waals surface area contributed by atoms with Crippen molar-refractivity contribution in [3.63, 3.8) is 0 Å². The number of benzene rings is 3. The van der Waals surface area contributed by atoms with Crippen molar-refractivity contribution in [3.05, 3.63) is 94.0 Å². The minimum Gasteiger partial charge on any atom is -0.493 e. The van der Waals surface area contributed by atoms with E-state index in [1.807, 2.05) is 48.5 Å². The summed E-state index contributed by atoms with van der Waals surface area (Å²) in [5.41, 5.74) is 5.32. The summed E-state index contributed by atoms with van der Waals surface area (Å²) in [5, 5.41) is 0. The van der Waals surface area contributed by atoms with Crippen LogP contribution >= 0.6 is 0 Å². The van der Waals surface area contributed by atoms with Crippen LogP contribution in [0.25, 0.3) is 24.3 Å². The van der Waals surface area contributed by atoms with Gasteiger partial charge < -0.3 is 9.47 Å². The van der Waals surface area contributed by atoms with E-state index in [1.165, 1.54) is 167 Å². The van der Waals surface area contributed by atoms with Crippen LogP contribution in [-0.4, -0.2) is 25.8 Å². The summed E-state index contributed by atoms with van der Waals surface area (Å²) in [7, 11) is 0. The van der Waals surface area contributed by atoms with Crippen LogP contribution in [0.3, 0.4) is 0 Å². The molecular weight excluding hydrogens is 737 g/mol. The zero-order chi connectivity index (χ0) is 42.6. The van der Waals surface area contributed by atoms with E-state index < -0.39 is 0 Å². The van der Waals surface area contributed by atoms with E-state index in [2.05, 4.69) is 50.3 Å². The molecule has 60 heavy (non-hydrogen) atoms. The average Bonchev–Trinajstić information content (AvgIpc) is 3.28. The lowest BCUT2D eigenvalue weighted by Gasteiger charge is -2.16. The maximum atomic E-state index is 11.2. The van der Waals surface area contributed by atoms with Crippen molar-refractivity contribution in [2.75, 3.05) is 13.2 Å². The summed E-state index contributed by atoms with van der Waals surface area (Å²) in [4.78, 5) is 22.5. The number of carbonyl (C=O) groups excluding carboxylic acids is 2. The Labute approximate surface area is 367 Å². The van der Waals surface area contributed by atoms with Crippen LogP contribution in [0.5, 0.6) is 11.5 Å². The molecular formula is C56H82O4. The Morgan fingerprint density at radius 1 is 0.333 bits per heavy atom. The molecule has 0 heterocycles. The van der Waals surface area contributed by atoms with Gasteiger partial charge in [0.25, 0.3) is 0 Å². The normalized spacial score (nSPS) is 11.5. The zero-order valence-electron chi connectivity index (χ0n) is 38.1. The fourth-order valence-corrected chi connectivity index (χ4v) is 7.80. The number of aldehydes is 2. The van der Waals surface area contributed by atoms with Crippen LogP contribution in [0.15, 0.2) is 60.7 Å². The second-order valence-electron chi connectivity index (χ2n) is 17.1. The summed E-state index contributed by atoms with van der Waals surface area (Å²) in [5.74, 6) is 1.68. The van der Waals surface area contributed by atoms with E-state index in [-0.39, 0.29) is 0 Å². The molecule has 4 nitrogen and oxygen atoms in total. The third kappa shape index (κ3) is 23.8. The molecule has 3 aromatic carbocycles. The van der Waals surface area contributed by atoms with E-state index >= 15 is 0 Å². The molecule has 3 rings (SSSR count). The van der Waals surface area contributed by atoms with Crippen molar-refractivity contribution in [1.29, 1.82) is 0 Å². The molecule has 0 saturated carbocycles. The molecule has 0 fully saturated rings. The van der Waals surface area contributed by atoms with Gasteiger partial charge in [-0.05, 0) is 36.1 Å². The van der Waals surface area contributed by atoms with Gasteiger partial charge in [-0.3, -0.25) is 9.59 Å². The first kappa shape index (κ1) is 50.4. The SMILES string of the molecule is CCCCCCCCCCCCCCCCOc1cc(/C=C/c2ccc(C=O)cc2)c(OCCCCCCCCCCCCCCCC)cc1/C=C/c1ccc(C=O)cc1. The van der Waals surface area contributed by atoms with Gasteiger partial charge in [0.15, 0.2) is 0 Å². The van der Waals surface area contributed by atoms with Crippen molar-refractivity contribution in [3.8, 4) is 11.5 Å². The molecule has 4 heteroatoms. The van der Waals surface area contributed by atoms with Crippen LogP contribution in [0.1, 0.15) is 237 Å². The molecule has 0 aliphatic rings. The van der Waals surface area contributed by atoms with Crippen molar-refractivity contribution in [2.24, 2.45) is 0 Å². The highest BCUT2D eigenvalue weighted by atomic mass is 16.5. The maximum Gasteiger partial charge on any atom is 0.150 e. The van der Waals surface area contributed by atoms with Gasteiger partial charge in [0.05, 0.1) is 13.2 Å². The molecule has 3 aromatic rings. The highest BCUT2D eigenvalue weighted by Gasteiger charge is 2.11. The Kier molecular flexibility index (Phi) is 29.2. The predicted molar refractivity (Wildman–Crippen MR) is 260 cm³/mol. The van der Waals surface area contributed by atoms with Gasteiger partial charge in [-0.25, -0.2) is 0 Å². The maximum absolute atomic E-state index is 11.2. The van der Waals surface area contributed by atoms with Crippen LogP contribution < -0.4 is 9.47 Å². The number of hydrogen-bond acceptors (Lipinski definition) is 4. The summed E-state index contributed by atoms with van der Waals surface area (Å²) >= 11 is 0. The molecule has 0 radical (unpaired) electrons. The van der Waals surface area contributed by atoms with Gasteiger partial charge >= 0.3 is 0 Å². The monoisotopic (exact) mass is 819 g/mol. The Morgan fingerprint density at radius 2 is 0.583 bits per heavy atom. The molecule has 0 atom stereocenters. The largest absolute Gasteiger partial charge is 0.493 e. The van der Waals surface area contributed by atoms with Crippen molar-refractivity contribution in [1.82, 2.24) is 0 Å². The van der Waals surface area contributed by atoms with Gasteiger partial charge in [0, 0.05) is 22.3 Å². The van der Waals surface area contributed by atoms with Gasteiger partial charge in [-0.15, -0.1) is 0 Å². The number of unbranched alkanes of at least 4 members (excludes halogenated alkanes) is 26. The molecule has 0 unspecified atom stereocenters. The lowest BCUT2D eigenvalue weighted by Crippen LogP contribution is -2.03. The van der Waals surface area contributed by atoms with Crippen molar-refractivity contribution in [2.45, 2.75) is 194 Å². The smallest absolute Gasteiger partial charge is 0.150 e. The zero-order valence-corrected chi connectivity index (χ0v) is 38.1. The number of ether oxygens (including phenoxy) is 2. The molecule has 330 valence electrons. The fourth-order valence-electron chi connectivity index (χ4n) is 7.80. The van der Waals surface area contributed by atoms with Crippen LogP contribution in [0, 0.1) is 0 Å². The summed E-state index contributed by atoms with van der Waals surface area (Å²) in [6, 6.07) is 19.5. The van der Waals surface area contributed by atoms with E-state index in [9.17, 15) is 9.59 Å². The molecule has 0 bridgehead atoms. The molecule has 0 spiro atoms. The quantitative estimate of drug-likeness (QED) is 0.0328. The lowest BCUT2D eigenvalue weighted by molar-refractivity contribution is 0.111. The molecule has 0 saturated heterocycles. The second-order valence-corrected chi connectivity index (χ2v) is 17.1. The Morgan fingerprint density at radius 3 is 0.850 bits per heavy atom. The fraction of sp³-hybridized carbons (Fsp3) is 0.571. The van der Waals surface area contributed by atoms with Gasteiger partial charge in [-0.1, -0.05) is 254 Å². The van der Waals surface area contributed by atoms with E-state index in [0.29, 0.717) is 24.3 Å². The van der Waals surface area contributed by atoms with Crippen LogP contribution in [0.4, 0.5) is 0 Å². The van der Waals surface area contributed by atoms with Crippen LogP contribution in [0.2, 0.25) is 0 Å². The van der Waals surface area contributed by atoms with E-state index in [0.717, 1.165) is 59.2 Å². The summed E-state index contributed by atoms with van der Waals surface area (Å²) in [6.07, 6.45) is 47.3. The topological polar surface area (TPSA) is 52.6 Å². The number of carbonyl (C=O) groups is 2. The molecule has 0 N–H and O–H groups in total. The second kappa shape index (κ2) is 34.8. The first-order valence-electron chi connectivity index (χ1n) is 24.6. The van der Waals surface area contributed by atoms with Crippen LogP contribution in [-0.2, 0) is 0 Å². The van der Waals surface area contributed by atoms with E-state index in [1.54, 1.807) is 0 Å². The Hall–Kier alpha value is -3.92. The predicted octanol–water partition coefficient (Wildman–Crippen LogP) is 17.4. The lowest BCUT2D eigenvalue weighted by atomic mass is 10.0. The molecule has 0 aromatic heterocycles. The minimum absolute atomic E-state index is 0.667. The summed E-state index contributed by atoms with van der Waals surface area (Å²) < 4.78 is 13.1. The molecule has 0 aliphatic carbocycles. The number of hydrogen-bond donors (Lipinski definition) is 0. The number of rotatable bonds is 38. The average molecular weight is 819 g/mol. The van der Waals surface area contributed by atoms with Gasteiger partial charge in [0.2, 0.25) is 0 Å². The minimum atomic E-state index is 0.667. The third-order valence-corrected chi connectivity index (χ3v) is 11.7. The third-order valence-electron chi connectivity index (χ3n) is 11.7. The molecule has 0 amide bonds. The van der Waals surface area contributed by atoms with E-state index in [4.69, 9.17) is 9.47 Å². The van der Waals surface area contributed by atoms with Crippen molar-refractivity contribution >= 4 is 36.9 Å². The standard InChI is InChI=1S/C56H82O4/c1-3-5-7-9-11-13-15-17-19-21-23-25-27-29-43-59-55-45-54(42-40-50-33-37-52(48-58)38-34-50)56(46-53(55)41-39-49-31-35-51(47-57)36-32-49)60-44-30-28-26-24-22-20-18-16-14-12-10-8-6-4-2/h31-42,45-48H,3-30,43-44H2,1-2H3/b41-39+,42-40+. The highest BCUT2D eigenvalue weighted by Crippen LogP contribution is 2.33. The van der Waals surface area contributed by atoms with Gasteiger partial charge in [0.1, 0.15) is 24.1 Å². The first-order valence-corrected chi connectivity index (χ1v) is 24.6.